The maximum absolute atomic E-state index is 12.8. The number of benzene rings is 1. The van der Waals surface area contributed by atoms with Crippen molar-refractivity contribution < 1.29 is 17.9 Å². The molecule has 0 saturated carbocycles. The number of amides is 1. The molecule has 0 bridgehead atoms. The van der Waals surface area contributed by atoms with Gasteiger partial charge in [0, 0.05) is 30.0 Å². The number of nitrogens with two attached hydrogens (primary N) is 1. The molecular formula is C24H29N5O4S2. The van der Waals surface area contributed by atoms with Crippen molar-refractivity contribution in [2.75, 3.05) is 18.0 Å². The van der Waals surface area contributed by atoms with Crippen LogP contribution in [0.5, 0.6) is 0 Å². The van der Waals surface area contributed by atoms with E-state index in [1.807, 2.05) is 26.0 Å². The monoisotopic (exact) mass is 515 g/mol. The number of carbonyl (C=O) groups excluding carboxylic acids is 1. The minimum Gasteiger partial charge on any atom is -0.372 e. The lowest BCUT2D eigenvalue weighted by Gasteiger charge is -2.35. The number of nitrogens with zero attached hydrogens (tertiary/aromatic N) is 3. The summed E-state index contributed by atoms with van der Waals surface area (Å²) in [6.07, 6.45) is 0.194. The van der Waals surface area contributed by atoms with Crippen LogP contribution < -0.4 is 15.4 Å². The summed E-state index contributed by atoms with van der Waals surface area (Å²) in [5.41, 5.74) is 3.92. The van der Waals surface area contributed by atoms with E-state index in [0.717, 1.165) is 45.7 Å². The van der Waals surface area contributed by atoms with Gasteiger partial charge in [-0.1, -0.05) is 11.3 Å². The van der Waals surface area contributed by atoms with Crippen molar-refractivity contribution in [2.45, 2.75) is 51.3 Å². The second-order valence-electron chi connectivity index (χ2n) is 8.83. The van der Waals surface area contributed by atoms with Gasteiger partial charge in [0.05, 0.1) is 34.2 Å². The van der Waals surface area contributed by atoms with E-state index in [2.05, 4.69) is 29.0 Å². The zero-order valence-electron chi connectivity index (χ0n) is 20.1. The molecule has 1 aliphatic rings. The summed E-state index contributed by atoms with van der Waals surface area (Å²) in [6, 6.07) is 9.56. The van der Waals surface area contributed by atoms with Gasteiger partial charge in [0.25, 0.3) is 5.91 Å². The first-order chi connectivity index (χ1) is 16.5. The van der Waals surface area contributed by atoms with Gasteiger partial charge < -0.3 is 15.0 Å². The van der Waals surface area contributed by atoms with Crippen LogP contribution in [0.3, 0.4) is 0 Å². The van der Waals surface area contributed by atoms with Crippen molar-refractivity contribution in [1.29, 1.82) is 0 Å². The van der Waals surface area contributed by atoms with Gasteiger partial charge in [-0.05, 0) is 69.7 Å². The SMILES string of the molecule is Cc1cc(-c2sc(N3C[C@@H](C)O[C@@H](C)C3)nc2CNC(=O)c2ccc(S(N)(=O)=O)cc2)cc(C)n1. The number of anilines is 1. The Morgan fingerprint density at radius 1 is 1.11 bits per heavy atom. The molecule has 3 aromatic rings. The van der Waals surface area contributed by atoms with Crippen LogP contribution in [0.1, 0.15) is 41.3 Å². The zero-order chi connectivity index (χ0) is 25.3. The van der Waals surface area contributed by atoms with Crippen molar-refractivity contribution in [3.63, 3.8) is 0 Å². The van der Waals surface area contributed by atoms with Crippen LogP contribution in [0.2, 0.25) is 0 Å². The molecule has 1 saturated heterocycles. The number of morpholine rings is 1. The topological polar surface area (TPSA) is 128 Å². The summed E-state index contributed by atoms with van der Waals surface area (Å²) < 4.78 is 28.8. The fourth-order valence-corrected chi connectivity index (χ4v) is 5.78. The number of pyridine rings is 1. The van der Waals surface area contributed by atoms with Gasteiger partial charge in [-0.25, -0.2) is 18.5 Å². The Bertz CT molecular complexity index is 1310. The predicted molar refractivity (Wildman–Crippen MR) is 136 cm³/mol. The fraction of sp³-hybridized carbons (Fsp3) is 0.375. The second-order valence-corrected chi connectivity index (χ2v) is 11.4. The van der Waals surface area contributed by atoms with Crippen LogP contribution in [0.4, 0.5) is 5.13 Å². The van der Waals surface area contributed by atoms with E-state index in [1.165, 1.54) is 24.3 Å². The van der Waals surface area contributed by atoms with Crippen LogP contribution in [-0.4, -0.2) is 49.6 Å². The Balaban J connectivity index is 1.61. The molecule has 9 nitrogen and oxygen atoms in total. The van der Waals surface area contributed by atoms with E-state index in [4.69, 9.17) is 14.9 Å². The molecule has 1 amide bonds. The van der Waals surface area contributed by atoms with Gasteiger partial charge in [-0.3, -0.25) is 9.78 Å². The summed E-state index contributed by atoms with van der Waals surface area (Å²) in [4.78, 5) is 25.3. The third-order valence-corrected chi connectivity index (χ3v) is 7.72. The number of rotatable bonds is 6. The fourth-order valence-electron chi connectivity index (χ4n) is 4.18. The Morgan fingerprint density at radius 3 is 2.29 bits per heavy atom. The molecule has 0 aliphatic carbocycles. The zero-order valence-corrected chi connectivity index (χ0v) is 21.7. The lowest BCUT2D eigenvalue weighted by atomic mass is 10.1. The van der Waals surface area contributed by atoms with Crippen LogP contribution in [-0.2, 0) is 21.3 Å². The maximum atomic E-state index is 12.8. The number of hydrogen-bond acceptors (Lipinski definition) is 8. The van der Waals surface area contributed by atoms with Crippen molar-refractivity contribution in [3.8, 4) is 10.4 Å². The Hall–Kier alpha value is -2.86. The molecule has 1 fully saturated rings. The molecule has 3 heterocycles. The molecule has 0 radical (unpaired) electrons. The number of ether oxygens (including phenoxy) is 1. The minimum absolute atomic E-state index is 0.0436. The number of carbonyl (C=O) groups is 1. The van der Waals surface area contributed by atoms with Gasteiger partial charge in [-0.2, -0.15) is 0 Å². The van der Waals surface area contributed by atoms with Crippen LogP contribution in [0.25, 0.3) is 10.4 Å². The van der Waals surface area contributed by atoms with Crippen molar-refractivity contribution in [1.82, 2.24) is 15.3 Å². The number of thiazole rings is 1. The van der Waals surface area contributed by atoms with E-state index in [1.54, 1.807) is 11.3 Å². The third-order valence-electron chi connectivity index (χ3n) is 5.58. The quantitative estimate of drug-likeness (QED) is 0.516. The van der Waals surface area contributed by atoms with Crippen LogP contribution >= 0.6 is 11.3 Å². The normalized spacial score (nSPS) is 18.5. The minimum atomic E-state index is -3.82. The highest BCUT2D eigenvalue weighted by Gasteiger charge is 2.26. The Kier molecular flexibility index (Phi) is 7.22. The number of primary sulfonamides is 1. The molecule has 1 aromatic carbocycles. The Morgan fingerprint density at radius 2 is 1.71 bits per heavy atom. The molecule has 0 spiro atoms. The van der Waals surface area contributed by atoms with Gasteiger partial charge in [0.1, 0.15) is 0 Å². The lowest BCUT2D eigenvalue weighted by molar-refractivity contribution is -0.00523. The molecular weight excluding hydrogens is 486 g/mol. The largest absolute Gasteiger partial charge is 0.372 e. The summed E-state index contributed by atoms with van der Waals surface area (Å²) >= 11 is 1.59. The highest BCUT2D eigenvalue weighted by molar-refractivity contribution is 7.89. The molecule has 3 N–H and O–H groups in total. The number of aromatic nitrogens is 2. The van der Waals surface area contributed by atoms with Crippen LogP contribution in [0.15, 0.2) is 41.3 Å². The van der Waals surface area contributed by atoms with Crippen molar-refractivity contribution >= 4 is 32.4 Å². The van der Waals surface area contributed by atoms with Gasteiger partial charge >= 0.3 is 0 Å². The first-order valence-electron chi connectivity index (χ1n) is 11.3. The van der Waals surface area contributed by atoms with Gasteiger partial charge in [0.15, 0.2) is 5.13 Å². The standard InChI is InChI=1S/C24H29N5O4S2/c1-14-9-19(10-15(2)27-14)22-21(28-24(34-22)29-12-16(3)33-17(4)13-29)11-26-23(30)18-5-7-20(8-6-18)35(25,31)32/h5-10,16-17H,11-13H2,1-4H3,(H,26,30)(H2,25,31,32)/t16-,17+. The van der Waals surface area contributed by atoms with Crippen LogP contribution in [0, 0.1) is 13.8 Å². The smallest absolute Gasteiger partial charge is 0.251 e. The predicted octanol–water partition coefficient (Wildman–Crippen LogP) is 3.01. The van der Waals surface area contributed by atoms with Crippen molar-refractivity contribution in [2.24, 2.45) is 5.14 Å². The molecule has 0 unspecified atom stereocenters. The highest BCUT2D eigenvalue weighted by atomic mass is 32.2. The van der Waals surface area contributed by atoms with E-state index < -0.39 is 10.0 Å². The molecule has 2 atom stereocenters. The van der Waals surface area contributed by atoms with Gasteiger partial charge in [0.2, 0.25) is 10.0 Å². The third kappa shape index (κ3) is 6.04. The molecule has 35 heavy (non-hydrogen) atoms. The molecule has 4 rings (SSSR count). The molecule has 2 aromatic heterocycles. The molecule has 1 aliphatic heterocycles. The molecule has 11 heteroatoms. The van der Waals surface area contributed by atoms with E-state index in [-0.39, 0.29) is 29.6 Å². The number of hydrogen-bond donors (Lipinski definition) is 2. The second kappa shape index (κ2) is 10.0. The number of aryl methyl sites for hydroxylation is 2. The summed E-state index contributed by atoms with van der Waals surface area (Å²) in [7, 11) is -3.82. The van der Waals surface area contributed by atoms with Gasteiger partial charge in [-0.15, -0.1) is 0 Å². The summed E-state index contributed by atoms with van der Waals surface area (Å²) in [6.45, 7) is 9.72. The Labute approximate surface area is 209 Å². The average molecular weight is 516 g/mol. The maximum Gasteiger partial charge on any atom is 0.251 e. The first kappa shape index (κ1) is 25.2. The van der Waals surface area contributed by atoms with Crippen molar-refractivity contribution in [3.05, 3.63) is 59.0 Å². The van der Waals surface area contributed by atoms with E-state index in [9.17, 15) is 13.2 Å². The number of sulfonamides is 1. The van der Waals surface area contributed by atoms with E-state index >= 15 is 0 Å². The molecule has 186 valence electrons. The highest BCUT2D eigenvalue weighted by Crippen LogP contribution is 2.36. The van der Waals surface area contributed by atoms with E-state index in [0.29, 0.717) is 5.56 Å². The average Bonchev–Trinajstić information content (AvgIpc) is 3.20. The number of nitrogens with one attached hydrogen (secondary N) is 1. The first-order valence-corrected chi connectivity index (χ1v) is 13.6. The summed E-state index contributed by atoms with van der Waals surface area (Å²) in [5.74, 6) is -0.331. The summed E-state index contributed by atoms with van der Waals surface area (Å²) in [5, 5.41) is 8.94. The lowest BCUT2D eigenvalue weighted by Crippen LogP contribution is -2.45.